The third-order valence-electron chi connectivity index (χ3n) is 2.29. The molecular weight excluding hydrogens is 196 g/mol. The molecule has 0 aliphatic carbocycles. The fourth-order valence-corrected chi connectivity index (χ4v) is 1.22. The van der Waals surface area contributed by atoms with Gasteiger partial charge < -0.3 is 20.9 Å². The average molecular weight is 218 g/mol. The third kappa shape index (κ3) is 6.43. The molecule has 2 unspecified atom stereocenters. The van der Waals surface area contributed by atoms with Crippen molar-refractivity contribution in [3.8, 4) is 0 Å². The van der Waals surface area contributed by atoms with E-state index in [1.54, 1.807) is 7.11 Å². The molecule has 0 spiro atoms. The van der Waals surface area contributed by atoms with Gasteiger partial charge in [0.1, 0.15) is 0 Å². The van der Waals surface area contributed by atoms with Gasteiger partial charge in [-0.2, -0.15) is 0 Å². The smallest absolute Gasteiger partial charge is 0.237 e. The number of amides is 1. The number of carbonyl (C=O) groups excluding carboxylic acids is 1. The van der Waals surface area contributed by atoms with Gasteiger partial charge in [-0.3, -0.25) is 4.79 Å². The fourth-order valence-electron chi connectivity index (χ4n) is 1.22. The van der Waals surface area contributed by atoms with Gasteiger partial charge in [-0.05, 0) is 19.3 Å². The van der Waals surface area contributed by atoms with E-state index in [1.165, 1.54) is 0 Å². The van der Waals surface area contributed by atoms with E-state index in [4.69, 9.17) is 15.6 Å². The van der Waals surface area contributed by atoms with E-state index < -0.39 is 6.04 Å². The van der Waals surface area contributed by atoms with Gasteiger partial charge in [0.05, 0.1) is 6.04 Å². The molecule has 0 aliphatic rings. The minimum absolute atomic E-state index is 0.0103. The molecule has 5 nitrogen and oxygen atoms in total. The van der Waals surface area contributed by atoms with E-state index in [1.807, 2.05) is 6.92 Å². The van der Waals surface area contributed by atoms with Crippen molar-refractivity contribution >= 4 is 5.91 Å². The second kappa shape index (κ2) is 8.64. The molecular formula is C10H22N2O3. The molecule has 0 aromatic carbocycles. The van der Waals surface area contributed by atoms with Gasteiger partial charge in [0.2, 0.25) is 5.91 Å². The van der Waals surface area contributed by atoms with Crippen molar-refractivity contribution in [2.24, 2.45) is 5.73 Å². The molecule has 0 fully saturated rings. The average Bonchev–Trinajstić information content (AvgIpc) is 2.24. The second-order valence-electron chi connectivity index (χ2n) is 3.51. The monoisotopic (exact) mass is 218 g/mol. The zero-order chi connectivity index (χ0) is 11.7. The van der Waals surface area contributed by atoms with E-state index in [-0.39, 0.29) is 18.6 Å². The summed E-state index contributed by atoms with van der Waals surface area (Å²) in [6.07, 6.45) is 1.88. The van der Waals surface area contributed by atoms with Gasteiger partial charge >= 0.3 is 0 Å². The van der Waals surface area contributed by atoms with Crippen LogP contribution in [0.1, 0.15) is 26.2 Å². The first-order valence-corrected chi connectivity index (χ1v) is 5.31. The van der Waals surface area contributed by atoms with Crippen LogP contribution in [-0.4, -0.2) is 43.4 Å². The van der Waals surface area contributed by atoms with Crippen LogP contribution in [0.4, 0.5) is 0 Å². The SMILES string of the molecule is CCC(CCO)NC(=O)C(N)CCOC. The lowest BCUT2D eigenvalue weighted by molar-refractivity contribution is -0.123. The van der Waals surface area contributed by atoms with E-state index in [0.29, 0.717) is 19.4 Å². The molecule has 0 rings (SSSR count). The molecule has 2 atom stereocenters. The maximum atomic E-state index is 11.5. The number of ether oxygens (including phenoxy) is 1. The predicted octanol–water partition coefficient (Wildman–Crippen LogP) is -0.373. The summed E-state index contributed by atoms with van der Waals surface area (Å²) in [5.41, 5.74) is 5.65. The van der Waals surface area contributed by atoms with Crippen molar-refractivity contribution in [3.05, 3.63) is 0 Å². The molecule has 90 valence electrons. The Morgan fingerprint density at radius 2 is 2.20 bits per heavy atom. The van der Waals surface area contributed by atoms with Crippen LogP contribution in [0.15, 0.2) is 0 Å². The van der Waals surface area contributed by atoms with Gasteiger partial charge in [-0.15, -0.1) is 0 Å². The highest BCUT2D eigenvalue weighted by Crippen LogP contribution is 1.98. The highest BCUT2D eigenvalue weighted by atomic mass is 16.5. The normalized spacial score (nSPS) is 14.7. The molecule has 15 heavy (non-hydrogen) atoms. The van der Waals surface area contributed by atoms with Gasteiger partial charge in [0.15, 0.2) is 0 Å². The highest BCUT2D eigenvalue weighted by molar-refractivity contribution is 5.81. The lowest BCUT2D eigenvalue weighted by Gasteiger charge is -2.18. The highest BCUT2D eigenvalue weighted by Gasteiger charge is 2.16. The number of nitrogens with one attached hydrogen (secondary N) is 1. The lowest BCUT2D eigenvalue weighted by Crippen LogP contribution is -2.45. The van der Waals surface area contributed by atoms with Crippen LogP contribution in [0.2, 0.25) is 0 Å². The number of hydrogen-bond donors (Lipinski definition) is 3. The van der Waals surface area contributed by atoms with Crippen LogP contribution in [-0.2, 0) is 9.53 Å². The van der Waals surface area contributed by atoms with E-state index >= 15 is 0 Å². The first-order chi connectivity index (χ1) is 7.15. The van der Waals surface area contributed by atoms with Crippen LogP contribution in [0.3, 0.4) is 0 Å². The number of aliphatic hydroxyl groups excluding tert-OH is 1. The summed E-state index contributed by atoms with van der Waals surface area (Å²) in [4.78, 5) is 11.5. The predicted molar refractivity (Wildman–Crippen MR) is 58.4 cm³/mol. The molecule has 4 N–H and O–H groups in total. The molecule has 0 heterocycles. The molecule has 1 amide bonds. The number of hydrogen-bond acceptors (Lipinski definition) is 4. The molecule has 0 aromatic rings. The van der Waals surface area contributed by atoms with E-state index in [2.05, 4.69) is 5.32 Å². The van der Waals surface area contributed by atoms with Crippen LogP contribution >= 0.6 is 0 Å². The van der Waals surface area contributed by atoms with Gasteiger partial charge in [0.25, 0.3) is 0 Å². The molecule has 0 saturated heterocycles. The van der Waals surface area contributed by atoms with Crippen LogP contribution in [0, 0.1) is 0 Å². The number of nitrogens with two attached hydrogens (primary N) is 1. The summed E-state index contributed by atoms with van der Waals surface area (Å²) in [6, 6.07) is -0.520. The number of aliphatic hydroxyl groups is 1. The van der Waals surface area contributed by atoms with Crippen molar-refractivity contribution in [1.29, 1.82) is 0 Å². The molecule has 0 bridgehead atoms. The lowest BCUT2D eigenvalue weighted by atomic mass is 10.1. The molecule has 0 aromatic heterocycles. The first kappa shape index (κ1) is 14.3. The maximum absolute atomic E-state index is 11.5. The number of carbonyl (C=O) groups is 1. The number of methoxy groups -OCH3 is 1. The Labute approximate surface area is 91.0 Å². The summed E-state index contributed by atoms with van der Waals surface area (Å²) in [5, 5.41) is 11.6. The summed E-state index contributed by atoms with van der Waals surface area (Å²) < 4.78 is 4.84. The Hall–Kier alpha value is -0.650. The van der Waals surface area contributed by atoms with Crippen molar-refractivity contribution < 1.29 is 14.6 Å². The van der Waals surface area contributed by atoms with Crippen LogP contribution < -0.4 is 11.1 Å². The number of rotatable bonds is 8. The van der Waals surface area contributed by atoms with Crippen LogP contribution in [0.25, 0.3) is 0 Å². The first-order valence-electron chi connectivity index (χ1n) is 5.31. The molecule has 5 heteroatoms. The maximum Gasteiger partial charge on any atom is 0.237 e. The van der Waals surface area contributed by atoms with Crippen molar-refractivity contribution in [1.82, 2.24) is 5.32 Å². The van der Waals surface area contributed by atoms with Gasteiger partial charge in [0, 0.05) is 26.4 Å². The van der Waals surface area contributed by atoms with Gasteiger partial charge in [-0.1, -0.05) is 6.92 Å². The van der Waals surface area contributed by atoms with Crippen molar-refractivity contribution in [3.63, 3.8) is 0 Å². The van der Waals surface area contributed by atoms with Gasteiger partial charge in [-0.25, -0.2) is 0 Å². The minimum Gasteiger partial charge on any atom is -0.396 e. The standard InChI is InChI=1S/C10H22N2O3/c1-3-8(4-6-13)12-10(14)9(11)5-7-15-2/h8-9,13H,3-7,11H2,1-2H3,(H,12,14). The summed E-state index contributed by atoms with van der Waals surface area (Å²) in [6.45, 7) is 2.51. The molecule has 0 saturated carbocycles. The Balaban J connectivity index is 3.87. The van der Waals surface area contributed by atoms with Crippen LogP contribution in [0.5, 0.6) is 0 Å². The Bertz CT molecular complexity index is 176. The molecule has 0 radical (unpaired) electrons. The van der Waals surface area contributed by atoms with E-state index in [9.17, 15) is 4.79 Å². The zero-order valence-electron chi connectivity index (χ0n) is 9.53. The summed E-state index contributed by atoms with van der Waals surface area (Å²) >= 11 is 0. The Morgan fingerprint density at radius 1 is 1.53 bits per heavy atom. The fraction of sp³-hybridized carbons (Fsp3) is 0.900. The van der Waals surface area contributed by atoms with Crippen molar-refractivity contribution in [2.45, 2.75) is 38.3 Å². The zero-order valence-corrected chi connectivity index (χ0v) is 9.53. The van der Waals surface area contributed by atoms with Crippen molar-refractivity contribution in [2.75, 3.05) is 20.3 Å². The summed E-state index contributed by atoms with van der Waals surface area (Å²) in [5.74, 6) is -0.174. The Morgan fingerprint density at radius 3 is 2.67 bits per heavy atom. The third-order valence-corrected chi connectivity index (χ3v) is 2.29. The second-order valence-corrected chi connectivity index (χ2v) is 3.51. The minimum atomic E-state index is -0.530. The topological polar surface area (TPSA) is 84.6 Å². The molecule has 0 aliphatic heterocycles. The quantitative estimate of drug-likeness (QED) is 0.519. The van der Waals surface area contributed by atoms with E-state index in [0.717, 1.165) is 6.42 Å². The Kier molecular flexibility index (Phi) is 8.27. The summed E-state index contributed by atoms with van der Waals surface area (Å²) in [7, 11) is 1.57. The largest absolute Gasteiger partial charge is 0.396 e.